The van der Waals surface area contributed by atoms with Gasteiger partial charge in [-0.2, -0.15) is 0 Å². The molecule has 2 aromatic rings. The molecule has 0 aliphatic carbocycles. The summed E-state index contributed by atoms with van der Waals surface area (Å²) < 4.78 is 10.7. The van der Waals surface area contributed by atoms with Gasteiger partial charge in [0.05, 0.1) is 24.8 Å². The van der Waals surface area contributed by atoms with Crippen LogP contribution in [-0.2, 0) is 6.54 Å². The van der Waals surface area contributed by atoms with Crippen molar-refractivity contribution in [1.29, 1.82) is 0 Å². The van der Waals surface area contributed by atoms with Crippen LogP contribution < -0.4 is 20.5 Å². The summed E-state index contributed by atoms with van der Waals surface area (Å²) in [5.74, 6) is 1.77. The average Bonchev–Trinajstić information content (AvgIpc) is 2.54. The van der Waals surface area contributed by atoms with Crippen LogP contribution in [0, 0.1) is 0 Å². The van der Waals surface area contributed by atoms with E-state index in [1.807, 2.05) is 44.2 Å². The van der Waals surface area contributed by atoms with Gasteiger partial charge < -0.3 is 20.5 Å². The maximum absolute atomic E-state index is 6.08. The van der Waals surface area contributed by atoms with Gasteiger partial charge in [0.15, 0.2) is 5.96 Å². The van der Waals surface area contributed by atoms with Gasteiger partial charge in [-0.25, -0.2) is 4.99 Å². The predicted molar refractivity (Wildman–Crippen MR) is 99.2 cm³/mol. The van der Waals surface area contributed by atoms with Gasteiger partial charge in [0.1, 0.15) is 11.5 Å². The second-order valence-electron chi connectivity index (χ2n) is 5.49. The Morgan fingerprint density at radius 1 is 1.21 bits per heavy atom. The van der Waals surface area contributed by atoms with Crippen molar-refractivity contribution < 1.29 is 9.47 Å². The van der Waals surface area contributed by atoms with Crippen molar-refractivity contribution in [3.05, 3.63) is 53.1 Å². The van der Waals surface area contributed by atoms with E-state index >= 15 is 0 Å². The lowest BCUT2D eigenvalue weighted by Gasteiger charge is -2.10. The Kier molecular flexibility index (Phi) is 6.32. The van der Waals surface area contributed by atoms with Crippen molar-refractivity contribution in [2.75, 3.05) is 12.4 Å². The van der Waals surface area contributed by atoms with Crippen molar-refractivity contribution in [2.24, 2.45) is 10.7 Å². The monoisotopic (exact) mass is 347 g/mol. The van der Waals surface area contributed by atoms with E-state index in [0.29, 0.717) is 23.3 Å². The molecule has 128 valence electrons. The number of guanidine groups is 1. The van der Waals surface area contributed by atoms with E-state index < -0.39 is 0 Å². The van der Waals surface area contributed by atoms with Crippen LogP contribution in [0.15, 0.2) is 47.5 Å². The van der Waals surface area contributed by atoms with Crippen LogP contribution in [0.25, 0.3) is 0 Å². The minimum absolute atomic E-state index is 0.157. The number of rotatable bonds is 6. The molecule has 0 fully saturated rings. The van der Waals surface area contributed by atoms with Crippen LogP contribution in [0.5, 0.6) is 11.5 Å². The fraction of sp³-hybridized carbons (Fsp3) is 0.278. The molecule has 2 aromatic carbocycles. The molecule has 5 nitrogen and oxygen atoms in total. The molecule has 0 saturated heterocycles. The third-order valence-electron chi connectivity index (χ3n) is 3.15. The Hall–Kier alpha value is -2.40. The standard InChI is InChI=1S/C18H22ClN3O2/c1-12(2)24-15-7-4-13(5-8-15)11-21-18(20)22-14-6-9-17(23-3)16(19)10-14/h4-10,12H,11H2,1-3H3,(H3,20,21,22). The number of aliphatic imine (C=N–C) groups is 1. The van der Waals surface area contributed by atoms with Crippen LogP contribution in [0.3, 0.4) is 0 Å². The fourth-order valence-corrected chi connectivity index (χ4v) is 2.31. The molecule has 0 spiro atoms. The Morgan fingerprint density at radius 2 is 1.92 bits per heavy atom. The minimum Gasteiger partial charge on any atom is -0.495 e. The predicted octanol–water partition coefficient (Wildman–Crippen LogP) is 4.06. The molecule has 0 radical (unpaired) electrons. The highest BCUT2D eigenvalue weighted by Crippen LogP contribution is 2.27. The molecule has 0 heterocycles. The quantitative estimate of drug-likeness (QED) is 0.610. The Morgan fingerprint density at radius 3 is 2.50 bits per heavy atom. The Labute approximate surface area is 147 Å². The molecule has 0 aromatic heterocycles. The summed E-state index contributed by atoms with van der Waals surface area (Å²) in [7, 11) is 1.57. The molecule has 0 saturated carbocycles. The highest BCUT2D eigenvalue weighted by molar-refractivity contribution is 6.32. The lowest BCUT2D eigenvalue weighted by molar-refractivity contribution is 0.242. The van der Waals surface area contributed by atoms with Crippen molar-refractivity contribution in [2.45, 2.75) is 26.5 Å². The first-order valence-electron chi connectivity index (χ1n) is 7.64. The molecule has 2 rings (SSSR count). The molecule has 3 N–H and O–H groups in total. The van der Waals surface area contributed by atoms with Crippen molar-refractivity contribution in [3.63, 3.8) is 0 Å². The highest BCUT2D eigenvalue weighted by atomic mass is 35.5. The number of nitrogens with zero attached hydrogens (tertiary/aromatic N) is 1. The smallest absolute Gasteiger partial charge is 0.193 e. The van der Waals surface area contributed by atoms with Gasteiger partial charge in [0.2, 0.25) is 0 Å². The first-order chi connectivity index (χ1) is 11.5. The van der Waals surface area contributed by atoms with Crippen LogP contribution in [0.1, 0.15) is 19.4 Å². The van der Waals surface area contributed by atoms with E-state index in [-0.39, 0.29) is 6.10 Å². The van der Waals surface area contributed by atoms with E-state index in [0.717, 1.165) is 17.0 Å². The molecule has 24 heavy (non-hydrogen) atoms. The average molecular weight is 348 g/mol. The Balaban J connectivity index is 1.95. The lowest BCUT2D eigenvalue weighted by atomic mass is 10.2. The van der Waals surface area contributed by atoms with Gasteiger partial charge in [-0.1, -0.05) is 23.7 Å². The van der Waals surface area contributed by atoms with Crippen LogP contribution in [-0.4, -0.2) is 19.2 Å². The third kappa shape index (κ3) is 5.35. The number of nitrogens with one attached hydrogen (secondary N) is 1. The molecule has 0 unspecified atom stereocenters. The van der Waals surface area contributed by atoms with E-state index in [1.54, 1.807) is 19.2 Å². The van der Waals surface area contributed by atoms with Gasteiger partial charge in [-0.15, -0.1) is 0 Å². The summed E-state index contributed by atoms with van der Waals surface area (Å²) in [4.78, 5) is 4.32. The van der Waals surface area contributed by atoms with E-state index in [1.165, 1.54) is 0 Å². The number of hydrogen-bond acceptors (Lipinski definition) is 3. The largest absolute Gasteiger partial charge is 0.495 e. The lowest BCUT2D eigenvalue weighted by Crippen LogP contribution is -2.22. The zero-order chi connectivity index (χ0) is 17.5. The summed E-state index contributed by atoms with van der Waals surface area (Å²) in [6, 6.07) is 13.1. The molecule has 6 heteroatoms. The molecular weight excluding hydrogens is 326 g/mol. The van der Waals surface area contributed by atoms with Crippen LogP contribution in [0.2, 0.25) is 5.02 Å². The van der Waals surface area contributed by atoms with E-state index in [2.05, 4.69) is 10.3 Å². The van der Waals surface area contributed by atoms with E-state index in [9.17, 15) is 0 Å². The van der Waals surface area contributed by atoms with Gasteiger partial charge in [-0.05, 0) is 49.7 Å². The number of anilines is 1. The summed E-state index contributed by atoms with van der Waals surface area (Å²) in [5.41, 5.74) is 7.71. The first kappa shape index (κ1) is 17.9. The molecule has 0 bridgehead atoms. The molecular formula is C18H22ClN3O2. The fourth-order valence-electron chi connectivity index (χ4n) is 2.05. The minimum atomic E-state index is 0.157. The topological polar surface area (TPSA) is 68.9 Å². The molecule has 0 amide bonds. The Bertz CT molecular complexity index is 700. The number of methoxy groups -OCH3 is 1. The molecule has 0 aliphatic heterocycles. The normalized spacial score (nSPS) is 11.5. The van der Waals surface area contributed by atoms with Gasteiger partial charge in [-0.3, -0.25) is 0 Å². The maximum Gasteiger partial charge on any atom is 0.193 e. The van der Waals surface area contributed by atoms with Gasteiger partial charge in [0, 0.05) is 5.69 Å². The number of ether oxygens (including phenoxy) is 2. The zero-order valence-electron chi connectivity index (χ0n) is 14.0. The number of hydrogen-bond donors (Lipinski definition) is 2. The van der Waals surface area contributed by atoms with Gasteiger partial charge >= 0.3 is 0 Å². The van der Waals surface area contributed by atoms with E-state index in [4.69, 9.17) is 26.8 Å². The second kappa shape index (κ2) is 8.45. The summed E-state index contributed by atoms with van der Waals surface area (Å²) in [6.07, 6.45) is 0.157. The second-order valence-corrected chi connectivity index (χ2v) is 5.89. The van der Waals surface area contributed by atoms with Crippen LogP contribution >= 0.6 is 11.6 Å². The number of halogens is 1. The van der Waals surface area contributed by atoms with Crippen LogP contribution in [0.4, 0.5) is 5.69 Å². The van der Waals surface area contributed by atoms with Gasteiger partial charge in [0.25, 0.3) is 0 Å². The number of nitrogens with two attached hydrogens (primary N) is 1. The number of benzene rings is 2. The first-order valence-corrected chi connectivity index (χ1v) is 8.02. The summed E-state index contributed by atoms with van der Waals surface area (Å²) in [5, 5.41) is 3.52. The molecule has 0 aliphatic rings. The zero-order valence-corrected chi connectivity index (χ0v) is 14.8. The van der Waals surface area contributed by atoms with Crippen molar-refractivity contribution >= 4 is 23.2 Å². The summed E-state index contributed by atoms with van der Waals surface area (Å²) >= 11 is 6.08. The highest BCUT2D eigenvalue weighted by Gasteiger charge is 2.03. The van der Waals surface area contributed by atoms with Crippen molar-refractivity contribution in [1.82, 2.24) is 0 Å². The van der Waals surface area contributed by atoms with Crippen molar-refractivity contribution in [3.8, 4) is 11.5 Å². The summed E-state index contributed by atoms with van der Waals surface area (Å²) in [6.45, 7) is 4.47. The molecule has 0 atom stereocenters. The maximum atomic E-state index is 6.08. The third-order valence-corrected chi connectivity index (χ3v) is 3.45. The SMILES string of the molecule is COc1ccc(NC(N)=NCc2ccc(OC(C)C)cc2)cc1Cl.